The molecule has 1 aromatic heterocycles. The number of rotatable bonds is 1. The number of fused-ring (bicyclic) bond motifs is 1. The van der Waals surface area contributed by atoms with Crippen LogP contribution in [0.3, 0.4) is 0 Å². The summed E-state index contributed by atoms with van der Waals surface area (Å²) in [5.74, 6) is -0.210. The van der Waals surface area contributed by atoms with Crippen LogP contribution in [0.15, 0.2) is 30.5 Å². The van der Waals surface area contributed by atoms with Crippen molar-refractivity contribution in [2.45, 2.75) is 6.43 Å². The molecule has 1 N–H and O–H groups in total. The van der Waals surface area contributed by atoms with Gasteiger partial charge in [0.1, 0.15) is 11.3 Å². The van der Waals surface area contributed by atoms with Gasteiger partial charge in [0.05, 0.1) is 0 Å². The molecule has 2 nitrogen and oxygen atoms in total. The number of hydrogen-bond donors (Lipinski definition) is 1. The predicted molar refractivity (Wildman–Crippen MR) is 48.4 cm³/mol. The van der Waals surface area contributed by atoms with Crippen molar-refractivity contribution >= 4 is 10.9 Å². The topological polar surface area (TPSA) is 33.1 Å². The molecule has 0 saturated heterocycles. The van der Waals surface area contributed by atoms with E-state index in [9.17, 15) is 13.9 Å². The summed E-state index contributed by atoms with van der Waals surface area (Å²) < 4.78 is 24.7. The number of phenolic OH excluding ortho intramolecular Hbond substituents is 1. The molecule has 0 amide bonds. The van der Waals surface area contributed by atoms with E-state index in [4.69, 9.17) is 0 Å². The van der Waals surface area contributed by atoms with Crippen LogP contribution in [0.25, 0.3) is 10.9 Å². The molecule has 0 spiro atoms. The quantitative estimate of drug-likeness (QED) is 0.758. The summed E-state index contributed by atoms with van der Waals surface area (Å²) in [5.41, 5.74) is 0.153. The lowest BCUT2D eigenvalue weighted by atomic mass is 10.1. The van der Waals surface area contributed by atoms with Crippen LogP contribution in [0, 0.1) is 0 Å². The van der Waals surface area contributed by atoms with E-state index in [0.29, 0.717) is 10.9 Å². The van der Waals surface area contributed by atoms with Gasteiger partial charge in [-0.3, -0.25) is 4.98 Å². The van der Waals surface area contributed by atoms with E-state index in [1.165, 1.54) is 12.3 Å². The third kappa shape index (κ3) is 1.39. The second kappa shape index (κ2) is 3.21. The molecule has 4 heteroatoms. The number of halogens is 2. The van der Waals surface area contributed by atoms with Crippen LogP contribution in [-0.4, -0.2) is 10.1 Å². The predicted octanol–water partition coefficient (Wildman–Crippen LogP) is 2.88. The van der Waals surface area contributed by atoms with E-state index < -0.39 is 6.43 Å². The summed E-state index contributed by atoms with van der Waals surface area (Å²) in [6, 6.07) is 5.64. The Morgan fingerprint density at radius 1 is 1.29 bits per heavy atom. The number of phenols is 1. The van der Waals surface area contributed by atoms with Crippen molar-refractivity contribution < 1.29 is 13.9 Å². The first-order chi connectivity index (χ1) is 6.68. The molecule has 0 aliphatic rings. The summed E-state index contributed by atoms with van der Waals surface area (Å²) in [6.07, 6.45) is -1.07. The fraction of sp³-hybridized carbons (Fsp3) is 0.100. The molecule has 1 aromatic carbocycles. The standard InChI is InChI=1S/C10H7F2NO/c11-10(12)7-4-6-2-1-3-13-9(6)8(14)5-7/h1-5,10,14H. The highest BCUT2D eigenvalue weighted by Crippen LogP contribution is 2.29. The summed E-state index contributed by atoms with van der Waals surface area (Å²) >= 11 is 0. The van der Waals surface area contributed by atoms with Gasteiger partial charge >= 0.3 is 0 Å². The minimum absolute atomic E-state index is 0.192. The van der Waals surface area contributed by atoms with Gasteiger partial charge in [-0.15, -0.1) is 0 Å². The molecule has 2 rings (SSSR count). The van der Waals surface area contributed by atoms with Gasteiger partial charge < -0.3 is 5.11 Å². The summed E-state index contributed by atoms with van der Waals surface area (Å²) in [6.45, 7) is 0. The average Bonchev–Trinajstić information content (AvgIpc) is 2.17. The van der Waals surface area contributed by atoms with E-state index in [0.717, 1.165) is 6.07 Å². The Kier molecular flexibility index (Phi) is 2.04. The van der Waals surface area contributed by atoms with Crippen LogP contribution in [0.1, 0.15) is 12.0 Å². The fourth-order valence-electron chi connectivity index (χ4n) is 1.32. The lowest BCUT2D eigenvalue weighted by Gasteiger charge is -2.03. The average molecular weight is 195 g/mol. The monoisotopic (exact) mass is 195 g/mol. The fourth-order valence-corrected chi connectivity index (χ4v) is 1.32. The van der Waals surface area contributed by atoms with Crippen molar-refractivity contribution in [2.75, 3.05) is 0 Å². The van der Waals surface area contributed by atoms with Crippen LogP contribution in [-0.2, 0) is 0 Å². The van der Waals surface area contributed by atoms with E-state index >= 15 is 0 Å². The van der Waals surface area contributed by atoms with Gasteiger partial charge in [0.15, 0.2) is 0 Å². The Morgan fingerprint density at radius 3 is 2.79 bits per heavy atom. The molecule has 0 atom stereocenters. The van der Waals surface area contributed by atoms with Gasteiger partial charge in [0.2, 0.25) is 0 Å². The van der Waals surface area contributed by atoms with Crippen LogP contribution >= 0.6 is 0 Å². The minimum atomic E-state index is -2.58. The molecule has 0 unspecified atom stereocenters. The van der Waals surface area contributed by atoms with Crippen LogP contribution in [0.5, 0.6) is 5.75 Å². The van der Waals surface area contributed by atoms with E-state index in [1.807, 2.05) is 0 Å². The first-order valence-corrected chi connectivity index (χ1v) is 4.04. The molecular weight excluding hydrogens is 188 g/mol. The van der Waals surface area contributed by atoms with Crippen molar-refractivity contribution in [1.82, 2.24) is 4.98 Å². The zero-order chi connectivity index (χ0) is 10.1. The Morgan fingerprint density at radius 2 is 2.07 bits per heavy atom. The molecule has 2 aromatic rings. The molecule has 0 aliphatic heterocycles. The summed E-state index contributed by atoms with van der Waals surface area (Å²) in [4.78, 5) is 3.89. The van der Waals surface area contributed by atoms with E-state index in [-0.39, 0.29) is 11.3 Å². The Bertz CT molecular complexity index is 471. The largest absolute Gasteiger partial charge is 0.506 e. The zero-order valence-electron chi connectivity index (χ0n) is 7.11. The van der Waals surface area contributed by atoms with E-state index in [2.05, 4.69) is 4.98 Å². The van der Waals surface area contributed by atoms with Crippen molar-refractivity contribution in [3.63, 3.8) is 0 Å². The highest BCUT2D eigenvalue weighted by molar-refractivity contribution is 5.84. The third-order valence-corrected chi connectivity index (χ3v) is 1.96. The van der Waals surface area contributed by atoms with Crippen molar-refractivity contribution in [1.29, 1.82) is 0 Å². The molecule has 0 radical (unpaired) electrons. The molecular formula is C10H7F2NO. The second-order valence-electron chi connectivity index (χ2n) is 2.92. The molecule has 0 aliphatic carbocycles. The highest BCUT2D eigenvalue weighted by atomic mass is 19.3. The Hall–Kier alpha value is -1.71. The van der Waals surface area contributed by atoms with Gasteiger partial charge in [0, 0.05) is 17.1 Å². The Labute approximate surface area is 78.8 Å². The number of benzene rings is 1. The van der Waals surface area contributed by atoms with Gasteiger partial charge in [-0.1, -0.05) is 6.07 Å². The molecule has 1 heterocycles. The van der Waals surface area contributed by atoms with Crippen LogP contribution in [0.2, 0.25) is 0 Å². The van der Waals surface area contributed by atoms with Crippen molar-refractivity contribution in [3.05, 3.63) is 36.0 Å². The second-order valence-corrected chi connectivity index (χ2v) is 2.92. The maximum absolute atomic E-state index is 12.3. The number of nitrogens with zero attached hydrogens (tertiary/aromatic N) is 1. The first-order valence-electron chi connectivity index (χ1n) is 4.04. The number of alkyl halides is 2. The first kappa shape index (κ1) is 8.87. The molecule has 0 fully saturated rings. The van der Waals surface area contributed by atoms with Gasteiger partial charge in [0.25, 0.3) is 6.43 Å². The van der Waals surface area contributed by atoms with Gasteiger partial charge in [-0.05, 0) is 18.2 Å². The summed E-state index contributed by atoms with van der Waals surface area (Å²) in [7, 11) is 0. The number of aromatic nitrogens is 1. The normalized spacial score (nSPS) is 11.1. The lowest BCUT2D eigenvalue weighted by Crippen LogP contribution is -1.86. The summed E-state index contributed by atoms with van der Waals surface area (Å²) in [5, 5.41) is 9.92. The number of hydrogen-bond acceptors (Lipinski definition) is 2. The smallest absolute Gasteiger partial charge is 0.264 e. The maximum Gasteiger partial charge on any atom is 0.264 e. The van der Waals surface area contributed by atoms with Crippen molar-refractivity contribution in [2.24, 2.45) is 0 Å². The van der Waals surface area contributed by atoms with Crippen molar-refractivity contribution in [3.8, 4) is 5.75 Å². The van der Waals surface area contributed by atoms with Gasteiger partial charge in [-0.25, -0.2) is 8.78 Å². The SMILES string of the molecule is Oc1cc(C(F)F)cc2cccnc12. The zero-order valence-corrected chi connectivity index (χ0v) is 7.11. The van der Waals surface area contributed by atoms with Crippen LogP contribution < -0.4 is 0 Å². The van der Waals surface area contributed by atoms with Gasteiger partial charge in [-0.2, -0.15) is 0 Å². The number of aromatic hydroxyl groups is 1. The number of pyridine rings is 1. The molecule has 72 valence electrons. The minimum Gasteiger partial charge on any atom is -0.506 e. The molecule has 14 heavy (non-hydrogen) atoms. The Balaban J connectivity index is 2.72. The molecule has 0 bridgehead atoms. The van der Waals surface area contributed by atoms with Crippen LogP contribution in [0.4, 0.5) is 8.78 Å². The third-order valence-electron chi connectivity index (χ3n) is 1.96. The highest BCUT2D eigenvalue weighted by Gasteiger charge is 2.10. The maximum atomic E-state index is 12.3. The molecule has 0 saturated carbocycles. The lowest BCUT2D eigenvalue weighted by molar-refractivity contribution is 0.151. The van der Waals surface area contributed by atoms with E-state index in [1.54, 1.807) is 12.1 Å².